The molecule has 2 N–H and O–H groups in total. The molecule has 16 heavy (non-hydrogen) atoms. The highest BCUT2D eigenvalue weighted by molar-refractivity contribution is 5.72. The highest BCUT2D eigenvalue weighted by Gasteiger charge is 2.34. The van der Waals surface area contributed by atoms with Crippen LogP contribution in [0.15, 0.2) is 0 Å². The van der Waals surface area contributed by atoms with Crippen LogP contribution >= 0.6 is 0 Å². The van der Waals surface area contributed by atoms with Crippen LogP contribution in [0.5, 0.6) is 0 Å². The largest absolute Gasteiger partial charge is 0.458 e. The van der Waals surface area contributed by atoms with E-state index in [2.05, 4.69) is 20.8 Å². The van der Waals surface area contributed by atoms with E-state index < -0.39 is 12.3 Å². The van der Waals surface area contributed by atoms with Crippen molar-refractivity contribution in [3.8, 4) is 0 Å². The molecule has 4 heteroatoms. The molecule has 0 aliphatic heterocycles. The van der Waals surface area contributed by atoms with Crippen molar-refractivity contribution in [3.63, 3.8) is 0 Å². The predicted molar refractivity (Wildman–Crippen MR) is 59.4 cm³/mol. The molecule has 1 rings (SSSR count). The quantitative estimate of drug-likeness (QED) is 0.566. The highest BCUT2D eigenvalue weighted by Crippen LogP contribution is 2.35. The Hall–Kier alpha value is -0.610. The average molecular weight is 230 g/mol. The van der Waals surface area contributed by atoms with Crippen LogP contribution in [0.25, 0.3) is 0 Å². The number of esters is 1. The summed E-state index contributed by atoms with van der Waals surface area (Å²) in [5.41, 5.74) is 0. The molecule has 0 aromatic rings. The first kappa shape index (κ1) is 13.5. The topological polar surface area (TPSA) is 66.8 Å². The van der Waals surface area contributed by atoms with Crippen molar-refractivity contribution in [2.75, 3.05) is 0 Å². The molecule has 0 aromatic heterocycles. The van der Waals surface area contributed by atoms with Gasteiger partial charge in [0.15, 0.2) is 0 Å². The van der Waals surface area contributed by atoms with Crippen molar-refractivity contribution in [1.29, 1.82) is 0 Å². The summed E-state index contributed by atoms with van der Waals surface area (Å²) in [5, 5.41) is 17.4. The fourth-order valence-corrected chi connectivity index (χ4v) is 2.46. The van der Waals surface area contributed by atoms with E-state index in [1.807, 2.05) is 0 Å². The Morgan fingerprint density at radius 1 is 1.31 bits per heavy atom. The maximum absolute atomic E-state index is 11.2. The second-order valence-electron chi connectivity index (χ2n) is 5.18. The zero-order valence-electron chi connectivity index (χ0n) is 10.2. The van der Waals surface area contributed by atoms with Gasteiger partial charge >= 0.3 is 5.97 Å². The van der Waals surface area contributed by atoms with Crippen LogP contribution < -0.4 is 0 Å². The number of hydrogen-bond donors (Lipinski definition) is 2. The van der Waals surface area contributed by atoms with Crippen molar-refractivity contribution < 1.29 is 19.7 Å². The van der Waals surface area contributed by atoms with E-state index in [-0.39, 0.29) is 6.10 Å². The Kier molecular flexibility index (Phi) is 4.74. The van der Waals surface area contributed by atoms with E-state index in [1.165, 1.54) is 0 Å². The molecule has 0 unspecified atom stereocenters. The molecule has 0 spiro atoms. The standard InChI is InChI=1S/C12H22O4/c1-7(2)9-5-4-8(3)6-10(9)16-12(15)11(13)14/h7-11,13-14H,4-6H2,1-3H3/t8-,9+,10+/m1/s1. The Balaban J connectivity index is 2.61. The normalized spacial score (nSPS) is 30.8. The fourth-order valence-electron chi connectivity index (χ4n) is 2.46. The van der Waals surface area contributed by atoms with Crippen LogP contribution in [-0.4, -0.2) is 28.6 Å². The molecule has 1 aliphatic rings. The van der Waals surface area contributed by atoms with Crippen LogP contribution in [0.3, 0.4) is 0 Å². The van der Waals surface area contributed by atoms with E-state index in [4.69, 9.17) is 14.9 Å². The van der Waals surface area contributed by atoms with Crippen molar-refractivity contribution >= 4 is 5.97 Å². The third-order valence-corrected chi connectivity index (χ3v) is 3.44. The van der Waals surface area contributed by atoms with E-state index in [1.54, 1.807) is 0 Å². The summed E-state index contributed by atoms with van der Waals surface area (Å²) in [5.74, 6) is 0.383. The van der Waals surface area contributed by atoms with Gasteiger partial charge in [0.1, 0.15) is 6.10 Å². The van der Waals surface area contributed by atoms with Crippen LogP contribution in [0.1, 0.15) is 40.0 Å². The molecule has 0 saturated heterocycles. The second-order valence-corrected chi connectivity index (χ2v) is 5.18. The van der Waals surface area contributed by atoms with Crippen LogP contribution in [0.2, 0.25) is 0 Å². The molecule has 1 fully saturated rings. The molecule has 3 atom stereocenters. The number of aliphatic hydroxyl groups is 2. The van der Waals surface area contributed by atoms with Gasteiger partial charge in [-0.05, 0) is 30.6 Å². The summed E-state index contributed by atoms with van der Waals surface area (Å²) < 4.78 is 5.16. The first-order chi connectivity index (χ1) is 7.41. The Morgan fingerprint density at radius 2 is 1.94 bits per heavy atom. The van der Waals surface area contributed by atoms with Gasteiger partial charge in [-0.25, -0.2) is 4.79 Å². The minimum absolute atomic E-state index is 0.168. The Morgan fingerprint density at radius 3 is 2.44 bits per heavy atom. The van der Waals surface area contributed by atoms with Gasteiger partial charge < -0.3 is 14.9 Å². The molecule has 0 heterocycles. The summed E-state index contributed by atoms with van der Waals surface area (Å²) in [6.45, 7) is 6.35. The van der Waals surface area contributed by atoms with Gasteiger partial charge in [-0.1, -0.05) is 27.2 Å². The molecule has 0 radical (unpaired) electrons. The number of rotatable bonds is 3. The number of carbonyl (C=O) groups is 1. The van der Waals surface area contributed by atoms with Gasteiger partial charge in [0.2, 0.25) is 0 Å². The molecular formula is C12H22O4. The van der Waals surface area contributed by atoms with Crippen molar-refractivity contribution in [3.05, 3.63) is 0 Å². The Bertz CT molecular complexity index is 237. The van der Waals surface area contributed by atoms with Gasteiger partial charge in [-0.15, -0.1) is 0 Å². The molecule has 1 saturated carbocycles. The zero-order valence-corrected chi connectivity index (χ0v) is 10.2. The lowest BCUT2D eigenvalue weighted by molar-refractivity contribution is -0.184. The zero-order chi connectivity index (χ0) is 12.3. The molecule has 0 bridgehead atoms. The molecule has 0 amide bonds. The van der Waals surface area contributed by atoms with Crippen LogP contribution in [-0.2, 0) is 9.53 Å². The first-order valence-corrected chi connectivity index (χ1v) is 5.98. The lowest BCUT2D eigenvalue weighted by atomic mass is 9.75. The van der Waals surface area contributed by atoms with Gasteiger partial charge in [0, 0.05) is 0 Å². The molecule has 0 aromatic carbocycles. The maximum Gasteiger partial charge on any atom is 0.363 e. The first-order valence-electron chi connectivity index (χ1n) is 5.98. The fraction of sp³-hybridized carbons (Fsp3) is 0.917. The molecular weight excluding hydrogens is 208 g/mol. The van der Waals surface area contributed by atoms with E-state index in [9.17, 15) is 4.79 Å². The predicted octanol–water partition coefficient (Wildman–Crippen LogP) is 1.30. The highest BCUT2D eigenvalue weighted by atomic mass is 16.6. The van der Waals surface area contributed by atoms with Crippen LogP contribution in [0.4, 0.5) is 0 Å². The number of aliphatic hydroxyl groups excluding tert-OH is 1. The Labute approximate surface area is 96.6 Å². The van der Waals surface area contributed by atoms with E-state index >= 15 is 0 Å². The third-order valence-electron chi connectivity index (χ3n) is 3.44. The van der Waals surface area contributed by atoms with Gasteiger partial charge in [0.25, 0.3) is 6.29 Å². The monoisotopic (exact) mass is 230 g/mol. The van der Waals surface area contributed by atoms with Crippen LogP contribution in [0, 0.1) is 17.8 Å². The summed E-state index contributed by atoms with van der Waals surface area (Å²) in [7, 11) is 0. The summed E-state index contributed by atoms with van der Waals surface area (Å²) >= 11 is 0. The minimum Gasteiger partial charge on any atom is -0.458 e. The lowest BCUT2D eigenvalue weighted by Gasteiger charge is -2.36. The summed E-state index contributed by atoms with van der Waals surface area (Å²) in [6, 6.07) is 0. The van der Waals surface area contributed by atoms with Crippen molar-refractivity contribution in [2.45, 2.75) is 52.4 Å². The summed E-state index contributed by atoms with van der Waals surface area (Å²) in [4.78, 5) is 11.2. The SMILES string of the molecule is CC(C)[C@@H]1CC[C@@H](C)C[C@@H]1OC(=O)C(O)O. The molecule has 4 nitrogen and oxygen atoms in total. The minimum atomic E-state index is -2.01. The molecule has 1 aliphatic carbocycles. The second kappa shape index (κ2) is 5.64. The maximum atomic E-state index is 11.2. The van der Waals surface area contributed by atoms with Gasteiger partial charge in [-0.3, -0.25) is 0 Å². The number of carbonyl (C=O) groups excluding carboxylic acids is 1. The average Bonchev–Trinajstić information content (AvgIpc) is 2.16. The third kappa shape index (κ3) is 3.46. The smallest absolute Gasteiger partial charge is 0.363 e. The van der Waals surface area contributed by atoms with E-state index in [0.29, 0.717) is 17.8 Å². The van der Waals surface area contributed by atoms with Crippen molar-refractivity contribution in [2.24, 2.45) is 17.8 Å². The number of hydrogen-bond acceptors (Lipinski definition) is 4. The lowest BCUT2D eigenvalue weighted by Crippen LogP contribution is -2.38. The van der Waals surface area contributed by atoms with E-state index in [0.717, 1.165) is 19.3 Å². The van der Waals surface area contributed by atoms with Gasteiger partial charge in [-0.2, -0.15) is 0 Å². The summed E-state index contributed by atoms with van der Waals surface area (Å²) in [6.07, 6.45) is 0.834. The number of ether oxygens (including phenoxy) is 1. The molecule has 94 valence electrons. The van der Waals surface area contributed by atoms with Gasteiger partial charge in [0.05, 0.1) is 0 Å². The van der Waals surface area contributed by atoms with Crippen molar-refractivity contribution in [1.82, 2.24) is 0 Å².